The minimum atomic E-state index is -0.0185. The predicted octanol–water partition coefficient (Wildman–Crippen LogP) is 1.06. The molecule has 0 bridgehead atoms. The summed E-state index contributed by atoms with van der Waals surface area (Å²) in [6, 6.07) is 0. The minimum Gasteiger partial charge on any atom is -0.342 e. The Morgan fingerprint density at radius 2 is 1.82 bits per heavy atom. The first-order chi connectivity index (χ1) is 8.09. The van der Waals surface area contributed by atoms with Gasteiger partial charge in [-0.15, -0.1) is 0 Å². The number of hydrogen-bond acceptors (Lipinski definition) is 3. The third-order valence-electron chi connectivity index (χ3n) is 4.34. The van der Waals surface area contributed by atoms with E-state index in [9.17, 15) is 4.79 Å². The molecule has 0 unspecified atom stereocenters. The maximum atomic E-state index is 12.1. The molecule has 0 aromatic heterocycles. The van der Waals surface area contributed by atoms with Crippen molar-refractivity contribution >= 4 is 5.91 Å². The van der Waals surface area contributed by atoms with Gasteiger partial charge in [0.25, 0.3) is 0 Å². The van der Waals surface area contributed by atoms with E-state index in [4.69, 9.17) is 5.73 Å². The van der Waals surface area contributed by atoms with E-state index in [1.807, 2.05) is 11.9 Å². The Morgan fingerprint density at radius 1 is 1.29 bits per heavy atom. The summed E-state index contributed by atoms with van der Waals surface area (Å²) in [5, 5.41) is 0. The number of rotatable bonds is 6. The molecular formula is C13H27N3O. The van der Waals surface area contributed by atoms with E-state index < -0.39 is 0 Å². The van der Waals surface area contributed by atoms with Crippen LogP contribution in [-0.4, -0.2) is 54.5 Å². The molecule has 0 aliphatic carbocycles. The zero-order valence-corrected chi connectivity index (χ0v) is 11.5. The average molecular weight is 241 g/mol. The highest BCUT2D eigenvalue weighted by Crippen LogP contribution is 2.21. The molecule has 2 N–H and O–H groups in total. The van der Waals surface area contributed by atoms with Crippen molar-refractivity contribution in [1.29, 1.82) is 0 Å². The lowest BCUT2D eigenvalue weighted by Crippen LogP contribution is -2.54. The molecule has 17 heavy (non-hydrogen) atoms. The number of likely N-dealkylation sites (N-methyl/N-ethyl adjacent to an activating group) is 1. The van der Waals surface area contributed by atoms with Crippen LogP contribution < -0.4 is 5.73 Å². The summed E-state index contributed by atoms with van der Waals surface area (Å²) in [4.78, 5) is 16.2. The highest BCUT2D eigenvalue weighted by atomic mass is 16.2. The van der Waals surface area contributed by atoms with Crippen LogP contribution in [0.25, 0.3) is 0 Å². The lowest BCUT2D eigenvalue weighted by atomic mass is 9.91. The molecule has 0 saturated carbocycles. The van der Waals surface area contributed by atoms with Gasteiger partial charge >= 0.3 is 0 Å². The smallest absolute Gasteiger partial charge is 0.236 e. The molecular weight excluding hydrogens is 214 g/mol. The van der Waals surface area contributed by atoms with Crippen molar-refractivity contribution in [3.63, 3.8) is 0 Å². The van der Waals surface area contributed by atoms with Crippen LogP contribution in [-0.2, 0) is 4.79 Å². The maximum Gasteiger partial charge on any atom is 0.236 e. The van der Waals surface area contributed by atoms with Crippen molar-refractivity contribution in [2.45, 2.75) is 45.1 Å². The molecule has 1 heterocycles. The van der Waals surface area contributed by atoms with Crippen LogP contribution >= 0.6 is 0 Å². The van der Waals surface area contributed by atoms with Gasteiger partial charge in [0, 0.05) is 25.2 Å². The van der Waals surface area contributed by atoms with Crippen molar-refractivity contribution in [3.05, 3.63) is 0 Å². The van der Waals surface area contributed by atoms with Crippen LogP contribution in [0.3, 0.4) is 0 Å². The SMILES string of the molecule is CCC(CC)(CN)N(C)CC(=O)N1CCCC1. The van der Waals surface area contributed by atoms with Gasteiger partial charge in [0.05, 0.1) is 6.54 Å². The van der Waals surface area contributed by atoms with E-state index in [1.54, 1.807) is 0 Å². The van der Waals surface area contributed by atoms with Gasteiger partial charge in [-0.05, 0) is 32.7 Å². The van der Waals surface area contributed by atoms with Crippen molar-refractivity contribution in [3.8, 4) is 0 Å². The topological polar surface area (TPSA) is 49.6 Å². The first kappa shape index (κ1) is 14.5. The molecule has 1 amide bonds. The normalized spacial score (nSPS) is 16.9. The van der Waals surface area contributed by atoms with E-state index in [-0.39, 0.29) is 11.4 Å². The zero-order valence-electron chi connectivity index (χ0n) is 11.5. The van der Waals surface area contributed by atoms with Gasteiger partial charge in [-0.2, -0.15) is 0 Å². The zero-order chi connectivity index (χ0) is 12.9. The van der Waals surface area contributed by atoms with Gasteiger partial charge in [0.15, 0.2) is 0 Å². The number of carbonyl (C=O) groups excluding carboxylic acids is 1. The van der Waals surface area contributed by atoms with E-state index in [2.05, 4.69) is 18.7 Å². The maximum absolute atomic E-state index is 12.1. The summed E-state index contributed by atoms with van der Waals surface area (Å²) in [7, 11) is 2.02. The van der Waals surface area contributed by atoms with E-state index >= 15 is 0 Å². The van der Waals surface area contributed by atoms with Gasteiger partial charge in [-0.1, -0.05) is 13.8 Å². The Labute approximate surface area is 105 Å². The molecule has 1 rings (SSSR count). The highest BCUT2D eigenvalue weighted by Gasteiger charge is 2.31. The summed E-state index contributed by atoms with van der Waals surface area (Å²) in [5.74, 6) is 0.254. The van der Waals surface area contributed by atoms with Crippen LogP contribution in [0.2, 0.25) is 0 Å². The van der Waals surface area contributed by atoms with Gasteiger partial charge in [0.1, 0.15) is 0 Å². The number of carbonyl (C=O) groups is 1. The Balaban J connectivity index is 2.56. The van der Waals surface area contributed by atoms with Crippen molar-refractivity contribution in [2.24, 2.45) is 5.73 Å². The molecule has 1 aliphatic heterocycles. The number of nitrogens with two attached hydrogens (primary N) is 1. The lowest BCUT2D eigenvalue weighted by molar-refractivity contribution is -0.132. The van der Waals surface area contributed by atoms with Crippen molar-refractivity contribution < 1.29 is 4.79 Å². The number of hydrogen-bond donors (Lipinski definition) is 1. The molecule has 0 spiro atoms. The van der Waals surface area contributed by atoms with E-state index in [0.717, 1.165) is 38.8 Å². The molecule has 100 valence electrons. The summed E-state index contributed by atoms with van der Waals surface area (Å²) in [6.45, 7) is 7.27. The molecule has 0 atom stereocenters. The van der Waals surface area contributed by atoms with E-state index in [0.29, 0.717) is 13.1 Å². The largest absolute Gasteiger partial charge is 0.342 e. The first-order valence-corrected chi connectivity index (χ1v) is 6.78. The van der Waals surface area contributed by atoms with Gasteiger partial charge < -0.3 is 10.6 Å². The molecule has 0 radical (unpaired) electrons. The summed E-state index contributed by atoms with van der Waals surface area (Å²) in [5.41, 5.74) is 5.87. The van der Waals surface area contributed by atoms with Crippen LogP contribution in [0.4, 0.5) is 0 Å². The Hall–Kier alpha value is -0.610. The molecule has 4 heteroatoms. The molecule has 4 nitrogen and oxygen atoms in total. The standard InChI is InChI=1S/C13H27N3O/c1-4-13(5-2,11-14)15(3)10-12(17)16-8-6-7-9-16/h4-11,14H2,1-3H3. The van der Waals surface area contributed by atoms with Crippen LogP contribution in [0.15, 0.2) is 0 Å². The highest BCUT2D eigenvalue weighted by molar-refractivity contribution is 5.78. The molecule has 0 aromatic carbocycles. The van der Waals surface area contributed by atoms with Gasteiger partial charge in [0.2, 0.25) is 5.91 Å². The fraction of sp³-hybridized carbons (Fsp3) is 0.923. The second-order valence-electron chi connectivity index (χ2n) is 5.08. The Bertz CT molecular complexity index is 237. The second-order valence-corrected chi connectivity index (χ2v) is 5.08. The Kier molecular flexibility index (Phi) is 5.40. The first-order valence-electron chi connectivity index (χ1n) is 6.78. The number of likely N-dealkylation sites (tertiary alicyclic amines) is 1. The summed E-state index contributed by atoms with van der Waals surface area (Å²) in [6.07, 6.45) is 4.28. The third kappa shape index (κ3) is 3.19. The van der Waals surface area contributed by atoms with Crippen LogP contribution in [0, 0.1) is 0 Å². The summed E-state index contributed by atoms with van der Waals surface area (Å²) < 4.78 is 0. The quantitative estimate of drug-likeness (QED) is 0.756. The van der Waals surface area contributed by atoms with Crippen LogP contribution in [0.1, 0.15) is 39.5 Å². The Morgan fingerprint density at radius 3 is 2.24 bits per heavy atom. The number of nitrogens with zero attached hydrogens (tertiary/aromatic N) is 2. The van der Waals surface area contributed by atoms with Gasteiger partial charge in [-0.25, -0.2) is 0 Å². The molecule has 1 aliphatic rings. The monoisotopic (exact) mass is 241 g/mol. The second kappa shape index (κ2) is 6.36. The van der Waals surface area contributed by atoms with Gasteiger partial charge in [-0.3, -0.25) is 9.69 Å². The molecule has 0 aromatic rings. The fourth-order valence-corrected chi connectivity index (χ4v) is 2.67. The summed E-state index contributed by atoms with van der Waals surface area (Å²) >= 11 is 0. The number of amides is 1. The lowest BCUT2D eigenvalue weighted by Gasteiger charge is -2.40. The predicted molar refractivity (Wildman–Crippen MR) is 70.8 cm³/mol. The van der Waals surface area contributed by atoms with Crippen LogP contribution in [0.5, 0.6) is 0 Å². The van der Waals surface area contributed by atoms with Crippen molar-refractivity contribution in [2.75, 3.05) is 33.2 Å². The molecule has 1 fully saturated rings. The van der Waals surface area contributed by atoms with E-state index in [1.165, 1.54) is 0 Å². The van der Waals surface area contributed by atoms with Crippen molar-refractivity contribution in [1.82, 2.24) is 9.80 Å². The molecule has 1 saturated heterocycles. The third-order valence-corrected chi connectivity index (χ3v) is 4.34. The average Bonchev–Trinajstić information content (AvgIpc) is 2.85. The fourth-order valence-electron chi connectivity index (χ4n) is 2.67. The minimum absolute atomic E-state index is 0.0185.